The first kappa shape index (κ1) is 7.90. The Hall–Kier alpha value is 0.270. The molecule has 0 atom stereocenters. The Morgan fingerprint density at radius 2 is 2.00 bits per heavy atom. The van der Waals surface area contributed by atoms with Crippen molar-refractivity contribution in [2.45, 2.75) is 17.6 Å². The van der Waals surface area contributed by atoms with E-state index in [-0.39, 0.29) is 0 Å². The number of nitrogens with one attached hydrogen (secondary N) is 2. The Kier molecular flexibility index (Phi) is 2.39. The highest BCUT2D eigenvalue weighted by atomic mass is 32.2. The molecule has 0 unspecified atom stereocenters. The van der Waals surface area contributed by atoms with Crippen LogP contribution in [0.2, 0.25) is 0 Å². The van der Waals surface area contributed by atoms with Crippen molar-refractivity contribution < 1.29 is 0 Å². The molecule has 0 aromatic heterocycles. The van der Waals surface area contributed by atoms with E-state index in [1.54, 1.807) is 0 Å². The molecule has 2 saturated heterocycles. The molecule has 64 valence electrons. The third-order valence-electron chi connectivity index (χ3n) is 2.57. The molecule has 3 heteroatoms. The predicted molar refractivity (Wildman–Crippen MR) is 50.2 cm³/mol. The van der Waals surface area contributed by atoms with Gasteiger partial charge in [0.25, 0.3) is 0 Å². The fourth-order valence-corrected chi connectivity index (χ4v) is 3.13. The highest BCUT2D eigenvalue weighted by Gasteiger charge is 2.36. The van der Waals surface area contributed by atoms with Gasteiger partial charge in [0.05, 0.1) is 0 Å². The minimum atomic E-state index is 0.641. The van der Waals surface area contributed by atoms with Gasteiger partial charge in [-0.3, -0.25) is 0 Å². The Morgan fingerprint density at radius 3 is 2.73 bits per heavy atom. The molecule has 1 spiro atoms. The van der Waals surface area contributed by atoms with E-state index in [1.807, 2.05) is 0 Å². The van der Waals surface area contributed by atoms with Gasteiger partial charge in [-0.05, 0) is 19.4 Å². The molecule has 0 amide bonds. The van der Waals surface area contributed by atoms with Gasteiger partial charge in [-0.25, -0.2) is 0 Å². The Labute approximate surface area is 72.5 Å². The summed E-state index contributed by atoms with van der Waals surface area (Å²) < 4.78 is 0.641. The highest BCUT2D eigenvalue weighted by molar-refractivity contribution is 8.00. The third kappa shape index (κ3) is 1.71. The topological polar surface area (TPSA) is 24.1 Å². The summed E-state index contributed by atoms with van der Waals surface area (Å²) in [5.41, 5.74) is 0. The third-order valence-corrected chi connectivity index (χ3v) is 4.08. The summed E-state index contributed by atoms with van der Waals surface area (Å²) in [6.45, 7) is 4.92. The van der Waals surface area contributed by atoms with Crippen LogP contribution in [0.1, 0.15) is 12.8 Å². The predicted octanol–water partition coefficient (Wildman–Crippen LogP) is 0.445. The summed E-state index contributed by atoms with van der Waals surface area (Å²) in [7, 11) is 0. The molecule has 2 heterocycles. The maximum absolute atomic E-state index is 3.43. The second-order valence-corrected chi connectivity index (χ2v) is 5.05. The minimum absolute atomic E-state index is 0.641. The summed E-state index contributed by atoms with van der Waals surface area (Å²) >= 11 is 2.16. The summed E-state index contributed by atoms with van der Waals surface area (Å²) in [6.07, 6.45) is 2.76. The van der Waals surface area contributed by atoms with Crippen LogP contribution in [0.25, 0.3) is 0 Å². The van der Waals surface area contributed by atoms with Crippen LogP contribution in [0.5, 0.6) is 0 Å². The lowest BCUT2D eigenvalue weighted by Gasteiger charge is -2.43. The van der Waals surface area contributed by atoms with Gasteiger partial charge in [0.1, 0.15) is 0 Å². The van der Waals surface area contributed by atoms with E-state index in [4.69, 9.17) is 0 Å². The normalized spacial score (nSPS) is 30.5. The van der Waals surface area contributed by atoms with Gasteiger partial charge in [-0.1, -0.05) is 0 Å². The van der Waals surface area contributed by atoms with E-state index in [0.29, 0.717) is 4.75 Å². The molecule has 2 aliphatic rings. The van der Waals surface area contributed by atoms with Crippen molar-refractivity contribution in [3.05, 3.63) is 0 Å². The van der Waals surface area contributed by atoms with Crippen LogP contribution in [0.4, 0.5) is 0 Å². The fourth-order valence-electron chi connectivity index (χ4n) is 1.76. The standard InChI is InChI=1S/C8H16N2S/c1-2-8(6-10-7-8)11-5-4-9-3-1/h9-10H,1-7H2. The number of thioether (sulfide) groups is 1. The van der Waals surface area contributed by atoms with Crippen LogP contribution in [0.3, 0.4) is 0 Å². The maximum atomic E-state index is 3.43. The Bertz CT molecular complexity index is 124. The largest absolute Gasteiger partial charge is 0.316 e. The average Bonchev–Trinajstić information content (AvgIpc) is 1.82. The molecule has 0 aliphatic carbocycles. The molecule has 0 aromatic carbocycles. The lowest BCUT2D eigenvalue weighted by atomic mass is 9.96. The number of hydrogen-bond acceptors (Lipinski definition) is 3. The lowest BCUT2D eigenvalue weighted by Crippen LogP contribution is -2.58. The summed E-state index contributed by atoms with van der Waals surface area (Å²) in [4.78, 5) is 0. The first-order valence-corrected chi connectivity index (χ1v) is 5.45. The van der Waals surface area contributed by atoms with E-state index in [9.17, 15) is 0 Å². The minimum Gasteiger partial charge on any atom is -0.316 e. The molecule has 0 bridgehead atoms. The first-order chi connectivity index (χ1) is 5.41. The van der Waals surface area contributed by atoms with Gasteiger partial charge < -0.3 is 10.6 Å². The van der Waals surface area contributed by atoms with E-state index in [2.05, 4.69) is 22.4 Å². The van der Waals surface area contributed by atoms with Gasteiger partial charge >= 0.3 is 0 Å². The summed E-state index contributed by atoms with van der Waals surface area (Å²) in [5, 5.41) is 6.81. The van der Waals surface area contributed by atoms with Crippen LogP contribution >= 0.6 is 11.8 Å². The second kappa shape index (κ2) is 3.33. The van der Waals surface area contributed by atoms with Gasteiger partial charge in [0.15, 0.2) is 0 Å². The zero-order valence-corrected chi connectivity index (χ0v) is 7.67. The average molecular weight is 172 g/mol. The van der Waals surface area contributed by atoms with Crippen molar-refractivity contribution in [1.82, 2.24) is 10.6 Å². The molecule has 0 aromatic rings. The summed E-state index contributed by atoms with van der Waals surface area (Å²) in [5.74, 6) is 1.29. The Balaban J connectivity index is 1.86. The van der Waals surface area contributed by atoms with Crippen molar-refractivity contribution in [1.29, 1.82) is 0 Å². The van der Waals surface area contributed by atoms with Crippen LogP contribution in [-0.2, 0) is 0 Å². The first-order valence-electron chi connectivity index (χ1n) is 4.47. The van der Waals surface area contributed by atoms with Gasteiger partial charge in [-0.15, -0.1) is 0 Å². The van der Waals surface area contributed by atoms with Gasteiger partial charge in [-0.2, -0.15) is 11.8 Å². The lowest BCUT2D eigenvalue weighted by molar-refractivity contribution is 0.357. The fraction of sp³-hybridized carbons (Fsp3) is 1.00. The molecule has 2 N–H and O–H groups in total. The van der Waals surface area contributed by atoms with Crippen molar-refractivity contribution in [3.63, 3.8) is 0 Å². The van der Waals surface area contributed by atoms with Gasteiger partial charge in [0.2, 0.25) is 0 Å². The summed E-state index contributed by atoms with van der Waals surface area (Å²) in [6, 6.07) is 0. The van der Waals surface area contributed by atoms with Crippen LogP contribution in [0, 0.1) is 0 Å². The molecule has 2 rings (SSSR count). The SMILES string of the molecule is C1CNCCSC2(C1)CNC2. The molecule has 2 nitrogen and oxygen atoms in total. The molecule has 0 saturated carbocycles. The van der Waals surface area contributed by atoms with Gasteiger partial charge in [0, 0.05) is 30.1 Å². The van der Waals surface area contributed by atoms with E-state index in [0.717, 1.165) is 0 Å². The van der Waals surface area contributed by atoms with E-state index in [1.165, 1.54) is 44.8 Å². The Morgan fingerprint density at radius 1 is 1.09 bits per heavy atom. The smallest absolute Gasteiger partial charge is 0.0409 e. The number of hydrogen-bond donors (Lipinski definition) is 2. The molecular weight excluding hydrogens is 156 g/mol. The van der Waals surface area contributed by atoms with Crippen LogP contribution in [0.15, 0.2) is 0 Å². The van der Waals surface area contributed by atoms with Crippen molar-refractivity contribution in [3.8, 4) is 0 Å². The quantitative estimate of drug-likeness (QED) is 0.554. The van der Waals surface area contributed by atoms with E-state index < -0.39 is 0 Å². The zero-order valence-electron chi connectivity index (χ0n) is 6.86. The highest BCUT2D eigenvalue weighted by Crippen LogP contribution is 2.34. The molecule has 2 aliphatic heterocycles. The molecule has 11 heavy (non-hydrogen) atoms. The molecular formula is C8H16N2S. The monoisotopic (exact) mass is 172 g/mol. The van der Waals surface area contributed by atoms with Crippen LogP contribution < -0.4 is 10.6 Å². The molecule has 2 fully saturated rings. The van der Waals surface area contributed by atoms with E-state index >= 15 is 0 Å². The van der Waals surface area contributed by atoms with Crippen molar-refractivity contribution in [2.24, 2.45) is 0 Å². The second-order valence-electron chi connectivity index (χ2n) is 3.49. The number of rotatable bonds is 0. The van der Waals surface area contributed by atoms with Crippen LogP contribution in [-0.4, -0.2) is 36.7 Å². The molecule has 0 radical (unpaired) electrons. The van der Waals surface area contributed by atoms with Crippen molar-refractivity contribution in [2.75, 3.05) is 31.9 Å². The van der Waals surface area contributed by atoms with Crippen molar-refractivity contribution >= 4 is 11.8 Å². The maximum Gasteiger partial charge on any atom is 0.0409 e. The zero-order chi connectivity index (χ0) is 7.57.